The largest absolute Gasteiger partial charge is 0.444 e. The monoisotopic (exact) mass is 276 g/mol. The molecule has 0 heterocycles. The van der Waals surface area contributed by atoms with Crippen LogP contribution in [0.1, 0.15) is 31.9 Å². The molecule has 2 N–H and O–H groups in total. The summed E-state index contributed by atoms with van der Waals surface area (Å²) in [4.78, 5) is 11.4. The normalized spacial score (nSPS) is 11.6. The van der Waals surface area contributed by atoms with Crippen molar-refractivity contribution in [2.24, 2.45) is 0 Å². The molecule has 0 unspecified atom stereocenters. The summed E-state index contributed by atoms with van der Waals surface area (Å²) >= 11 is 0. The first-order valence-corrected chi connectivity index (χ1v) is 6.77. The Morgan fingerprint density at radius 3 is 2.45 bits per heavy atom. The molecule has 1 aromatic carbocycles. The van der Waals surface area contributed by atoms with E-state index in [0.717, 1.165) is 12.1 Å². The average Bonchev–Trinajstić information content (AvgIpc) is 2.35. The SMILES string of the molecule is CNCc1ccc(C=CCNC(=O)OC(C)(C)C)cc1. The van der Waals surface area contributed by atoms with Gasteiger partial charge in [0.1, 0.15) is 5.60 Å². The molecule has 0 aromatic heterocycles. The summed E-state index contributed by atoms with van der Waals surface area (Å²) < 4.78 is 5.14. The Morgan fingerprint density at radius 2 is 1.90 bits per heavy atom. The van der Waals surface area contributed by atoms with Gasteiger partial charge in [-0.25, -0.2) is 4.79 Å². The van der Waals surface area contributed by atoms with Crippen LogP contribution in [0.2, 0.25) is 0 Å². The van der Waals surface area contributed by atoms with Crippen molar-refractivity contribution in [1.29, 1.82) is 0 Å². The van der Waals surface area contributed by atoms with Crippen LogP contribution in [-0.4, -0.2) is 25.3 Å². The minimum Gasteiger partial charge on any atom is -0.444 e. The second kappa shape index (κ2) is 7.70. The highest BCUT2D eigenvalue weighted by molar-refractivity contribution is 5.68. The van der Waals surface area contributed by atoms with E-state index in [1.54, 1.807) is 0 Å². The zero-order chi connectivity index (χ0) is 15.0. The number of alkyl carbamates (subject to hydrolysis) is 1. The number of carbonyl (C=O) groups excluding carboxylic acids is 1. The number of hydrogen-bond donors (Lipinski definition) is 2. The highest BCUT2D eigenvalue weighted by Gasteiger charge is 2.14. The van der Waals surface area contributed by atoms with E-state index in [9.17, 15) is 4.79 Å². The average molecular weight is 276 g/mol. The van der Waals surface area contributed by atoms with Gasteiger partial charge in [0.25, 0.3) is 0 Å². The van der Waals surface area contributed by atoms with E-state index in [1.807, 2.05) is 40.0 Å². The lowest BCUT2D eigenvalue weighted by Crippen LogP contribution is -2.32. The predicted molar refractivity (Wildman–Crippen MR) is 82.5 cm³/mol. The minimum absolute atomic E-state index is 0.397. The van der Waals surface area contributed by atoms with Crippen LogP contribution in [0.25, 0.3) is 6.08 Å². The van der Waals surface area contributed by atoms with Gasteiger partial charge in [-0.2, -0.15) is 0 Å². The molecular formula is C16H24N2O2. The third-order valence-electron chi connectivity index (χ3n) is 2.43. The summed E-state index contributed by atoms with van der Waals surface area (Å²) in [5.74, 6) is 0. The summed E-state index contributed by atoms with van der Waals surface area (Å²) in [6, 6.07) is 8.27. The number of carbonyl (C=O) groups is 1. The Morgan fingerprint density at radius 1 is 1.25 bits per heavy atom. The lowest BCUT2D eigenvalue weighted by molar-refractivity contribution is 0.0534. The first-order chi connectivity index (χ1) is 9.40. The molecule has 0 saturated carbocycles. The van der Waals surface area contributed by atoms with E-state index >= 15 is 0 Å². The van der Waals surface area contributed by atoms with Gasteiger partial charge in [-0.3, -0.25) is 0 Å². The van der Waals surface area contributed by atoms with Crippen LogP contribution in [0.5, 0.6) is 0 Å². The van der Waals surface area contributed by atoms with E-state index < -0.39 is 11.7 Å². The van der Waals surface area contributed by atoms with E-state index in [-0.39, 0.29) is 0 Å². The molecule has 0 saturated heterocycles. The lowest BCUT2D eigenvalue weighted by Gasteiger charge is -2.19. The number of ether oxygens (including phenoxy) is 1. The van der Waals surface area contributed by atoms with Crippen molar-refractivity contribution in [2.75, 3.05) is 13.6 Å². The smallest absolute Gasteiger partial charge is 0.407 e. The molecule has 4 nitrogen and oxygen atoms in total. The van der Waals surface area contributed by atoms with Crippen LogP contribution in [0, 0.1) is 0 Å². The topological polar surface area (TPSA) is 50.4 Å². The third-order valence-corrected chi connectivity index (χ3v) is 2.43. The predicted octanol–water partition coefficient (Wildman–Crippen LogP) is 2.94. The molecule has 4 heteroatoms. The molecule has 1 amide bonds. The molecule has 0 atom stereocenters. The van der Waals surface area contributed by atoms with E-state index in [4.69, 9.17) is 4.74 Å². The van der Waals surface area contributed by atoms with Gasteiger partial charge >= 0.3 is 6.09 Å². The van der Waals surface area contributed by atoms with Crippen molar-refractivity contribution in [3.8, 4) is 0 Å². The van der Waals surface area contributed by atoms with Crippen molar-refractivity contribution in [3.05, 3.63) is 41.5 Å². The fourth-order valence-corrected chi connectivity index (χ4v) is 1.60. The third kappa shape index (κ3) is 6.95. The Bertz CT molecular complexity index is 445. The van der Waals surface area contributed by atoms with E-state index in [1.165, 1.54) is 5.56 Å². The molecule has 1 rings (SSSR count). The fraction of sp³-hybridized carbons (Fsp3) is 0.438. The number of amides is 1. The van der Waals surface area contributed by atoms with Gasteiger partial charge in [-0.05, 0) is 38.9 Å². The Kier molecular flexibility index (Phi) is 6.25. The Hall–Kier alpha value is -1.81. The summed E-state index contributed by atoms with van der Waals surface area (Å²) in [6.45, 7) is 6.84. The van der Waals surface area contributed by atoms with Crippen LogP contribution in [0.4, 0.5) is 4.79 Å². The minimum atomic E-state index is -0.461. The first kappa shape index (κ1) is 16.2. The molecule has 0 fully saturated rings. The summed E-state index contributed by atoms with van der Waals surface area (Å²) in [5.41, 5.74) is 1.89. The lowest BCUT2D eigenvalue weighted by atomic mass is 10.1. The highest BCUT2D eigenvalue weighted by Crippen LogP contribution is 2.07. The molecule has 0 aliphatic rings. The van der Waals surface area contributed by atoms with Crippen molar-refractivity contribution < 1.29 is 9.53 Å². The van der Waals surface area contributed by atoms with Gasteiger partial charge in [0.15, 0.2) is 0 Å². The van der Waals surface area contributed by atoms with Gasteiger partial charge in [-0.15, -0.1) is 0 Å². The maximum absolute atomic E-state index is 11.4. The standard InChI is InChI=1S/C16H24N2O2/c1-16(2,3)20-15(19)18-11-5-6-13-7-9-14(10-8-13)12-17-4/h5-10,17H,11-12H2,1-4H3,(H,18,19). The van der Waals surface area contributed by atoms with Gasteiger partial charge in [0, 0.05) is 13.1 Å². The molecule has 0 spiro atoms. The maximum Gasteiger partial charge on any atom is 0.407 e. The van der Waals surface area contributed by atoms with E-state index in [2.05, 4.69) is 34.9 Å². The number of benzene rings is 1. The summed E-state index contributed by atoms with van der Waals surface area (Å²) in [7, 11) is 1.93. The molecule has 20 heavy (non-hydrogen) atoms. The van der Waals surface area contributed by atoms with Crippen LogP contribution < -0.4 is 10.6 Å². The highest BCUT2D eigenvalue weighted by atomic mass is 16.6. The summed E-state index contributed by atoms with van der Waals surface area (Å²) in [6.07, 6.45) is 3.48. The van der Waals surface area contributed by atoms with Crippen LogP contribution in [0.15, 0.2) is 30.3 Å². The summed E-state index contributed by atoms with van der Waals surface area (Å²) in [5, 5.41) is 5.79. The molecule has 0 radical (unpaired) electrons. The van der Waals surface area contributed by atoms with Crippen molar-refractivity contribution in [1.82, 2.24) is 10.6 Å². The first-order valence-electron chi connectivity index (χ1n) is 6.77. The number of rotatable bonds is 5. The molecular weight excluding hydrogens is 252 g/mol. The zero-order valence-electron chi connectivity index (χ0n) is 12.7. The number of nitrogens with one attached hydrogen (secondary N) is 2. The molecule has 0 aliphatic carbocycles. The van der Waals surface area contributed by atoms with Crippen molar-refractivity contribution in [2.45, 2.75) is 32.9 Å². The Labute approximate surface area is 121 Å². The Balaban J connectivity index is 2.36. The van der Waals surface area contributed by atoms with Crippen molar-refractivity contribution >= 4 is 12.2 Å². The maximum atomic E-state index is 11.4. The second-order valence-electron chi connectivity index (χ2n) is 5.56. The van der Waals surface area contributed by atoms with Gasteiger partial charge in [0.2, 0.25) is 0 Å². The van der Waals surface area contributed by atoms with Crippen LogP contribution in [0.3, 0.4) is 0 Å². The van der Waals surface area contributed by atoms with Gasteiger partial charge < -0.3 is 15.4 Å². The van der Waals surface area contributed by atoms with Crippen molar-refractivity contribution in [3.63, 3.8) is 0 Å². The second-order valence-corrected chi connectivity index (χ2v) is 5.56. The van der Waals surface area contributed by atoms with Gasteiger partial charge in [-0.1, -0.05) is 36.4 Å². The fourth-order valence-electron chi connectivity index (χ4n) is 1.60. The molecule has 0 bridgehead atoms. The number of hydrogen-bond acceptors (Lipinski definition) is 3. The van der Waals surface area contributed by atoms with Crippen LogP contribution >= 0.6 is 0 Å². The molecule has 1 aromatic rings. The van der Waals surface area contributed by atoms with E-state index in [0.29, 0.717) is 6.54 Å². The van der Waals surface area contributed by atoms with Crippen LogP contribution in [-0.2, 0) is 11.3 Å². The van der Waals surface area contributed by atoms with Gasteiger partial charge in [0.05, 0.1) is 0 Å². The zero-order valence-corrected chi connectivity index (χ0v) is 12.7. The molecule has 0 aliphatic heterocycles. The molecule has 110 valence electrons. The quantitative estimate of drug-likeness (QED) is 0.869.